The highest BCUT2D eigenvalue weighted by Gasteiger charge is 2.47. The van der Waals surface area contributed by atoms with E-state index in [1.807, 2.05) is 0 Å². The van der Waals surface area contributed by atoms with Gasteiger partial charge >= 0.3 is 0 Å². The standard InChI is InChI=1S/C56H41NO/c1-37(2)44-27-16-28-48-54(44)45-33-32-43(36-49(45)56(48,41-22-8-4-9-23-41)42-24-10-5-11-25-42)57(50-29-17-31-53-55(50)46-26-14-15-30-52(46)58-53)51-35-40-21-13-12-20-39(40)34-47(51)38-18-6-3-7-19-38/h3-37H,1-2H3. The lowest BCUT2D eigenvalue weighted by Gasteiger charge is -2.35. The Kier molecular flexibility index (Phi) is 7.94. The van der Waals surface area contributed by atoms with Gasteiger partial charge in [0.25, 0.3) is 0 Å². The van der Waals surface area contributed by atoms with Crippen molar-refractivity contribution >= 4 is 49.8 Å². The van der Waals surface area contributed by atoms with E-state index in [9.17, 15) is 0 Å². The Labute approximate surface area is 339 Å². The summed E-state index contributed by atoms with van der Waals surface area (Å²) >= 11 is 0. The first-order chi connectivity index (χ1) is 28.6. The molecular formula is C56H41NO. The molecule has 11 rings (SSSR count). The van der Waals surface area contributed by atoms with Crippen molar-refractivity contribution in [2.75, 3.05) is 4.90 Å². The van der Waals surface area contributed by atoms with Crippen molar-refractivity contribution in [2.45, 2.75) is 25.2 Å². The lowest BCUT2D eigenvalue weighted by atomic mass is 9.67. The lowest BCUT2D eigenvalue weighted by Crippen LogP contribution is -2.28. The van der Waals surface area contributed by atoms with Gasteiger partial charge in [0.15, 0.2) is 0 Å². The second kappa shape index (κ2) is 13.5. The Morgan fingerprint density at radius 1 is 0.466 bits per heavy atom. The Hall–Kier alpha value is -7.16. The van der Waals surface area contributed by atoms with Crippen LogP contribution in [0.2, 0.25) is 0 Å². The number of fused-ring (bicyclic) bond motifs is 7. The predicted octanol–water partition coefficient (Wildman–Crippen LogP) is 15.4. The van der Waals surface area contributed by atoms with Crippen LogP contribution in [0, 0.1) is 0 Å². The largest absolute Gasteiger partial charge is 0.456 e. The number of nitrogens with zero attached hydrogens (tertiary/aromatic N) is 1. The number of benzene rings is 9. The van der Waals surface area contributed by atoms with Crippen LogP contribution in [0.5, 0.6) is 0 Å². The Balaban J connectivity index is 1.29. The highest BCUT2D eigenvalue weighted by molar-refractivity contribution is 6.14. The summed E-state index contributed by atoms with van der Waals surface area (Å²) in [6, 6.07) is 75.6. The quantitative estimate of drug-likeness (QED) is 0.162. The molecule has 1 aliphatic rings. The second-order valence-corrected chi connectivity index (χ2v) is 15.8. The van der Waals surface area contributed by atoms with Gasteiger partial charge in [-0.25, -0.2) is 0 Å². The summed E-state index contributed by atoms with van der Waals surface area (Å²) in [6.45, 7) is 4.63. The summed E-state index contributed by atoms with van der Waals surface area (Å²) in [5, 5.41) is 4.58. The SMILES string of the molecule is CC(C)c1cccc2c1-c1ccc(N(c3cc4ccccc4cc3-c3ccccc3)c3cccc4oc5ccccc5c34)cc1C2(c1ccccc1)c1ccccc1. The maximum Gasteiger partial charge on any atom is 0.137 e. The number of para-hydroxylation sites is 1. The molecule has 0 fully saturated rings. The molecule has 2 heteroatoms. The van der Waals surface area contributed by atoms with E-state index in [1.54, 1.807) is 0 Å². The summed E-state index contributed by atoms with van der Waals surface area (Å²) in [6.07, 6.45) is 0. The summed E-state index contributed by atoms with van der Waals surface area (Å²) in [5.74, 6) is 0.347. The van der Waals surface area contributed by atoms with Gasteiger partial charge in [-0.3, -0.25) is 0 Å². The van der Waals surface area contributed by atoms with Gasteiger partial charge in [0.05, 0.1) is 22.2 Å². The van der Waals surface area contributed by atoms with Crippen LogP contribution in [-0.4, -0.2) is 0 Å². The van der Waals surface area contributed by atoms with Crippen LogP contribution in [-0.2, 0) is 5.41 Å². The van der Waals surface area contributed by atoms with Gasteiger partial charge < -0.3 is 9.32 Å². The molecule has 9 aromatic carbocycles. The molecule has 58 heavy (non-hydrogen) atoms. The number of anilines is 3. The zero-order valence-corrected chi connectivity index (χ0v) is 32.6. The molecule has 0 amide bonds. The van der Waals surface area contributed by atoms with Crippen LogP contribution >= 0.6 is 0 Å². The monoisotopic (exact) mass is 743 g/mol. The number of furan rings is 1. The maximum absolute atomic E-state index is 6.57. The van der Waals surface area contributed by atoms with Crippen molar-refractivity contribution in [3.8, 4) is 22.3 Å². The molecule has 0 spiro atoms. The summed E-state index contributed by atoms with van der Waals surface area (Å²) in [5.41, 5.74) is 15.9. The lowest BCUT2D eigenvalue weighted by molar-refractivity contribution is 0.669. The molecule has 0 radical (unpaired) electrons. The maximum atomic E-state index is 6.57. The molecule has 0 unspecified atom stereocenters. The molecule has 0 aliphatic heterocycles. The topological polar surface area (TPSA) is 16.4 Å². The predicted molar refractivity (Wildman–Crippen MR) is 243 cm³/mol. The number of hydrogen-bond acceptors (Lipinski definition) is 2. The van der Waals surface area contributed by atoms with Crippen LogP contribution in [0.15, 0.2) is 211 Å². The smallest absolute Gasteiger partial charge is 0.137 e. The highest BCUT2D eigenvalue weighted by Crippen LogP contribution is 2.59. The molecule has 0 atom stereocenters. The minimum Gasteiger partial charge on any atom is -0.456 e. The van der Waals surface area contributed by atoms with Gasteiger partial charge in [0, 0.05) is 16.6 Å². The molecule has 1 aromatic heterocycles. The van der Waals surface area contributed by atoms with Crippen LogP contribution in [0.4, 0.5) is 17.1 Å². The Bertz CT molecular complexity index is 3100. The molecule has 0 bridgehead atoms. The van der Waals surface area contributed by atoms with E-state index in [1.165, 1.54) is 49.7 Å². The molecule has 276 valence electrons. The van der Waals surface area contributed by atoms with E-state index in [-0.39, 0.29) is 0 Å². The van der Waals surface area contributed by atoms with Crippen molar-refractivity contribution in [3.63, 3.8) is 0 Å². The third-order valence-electron chi connectivity index (χ3n) is 12.3. The third-order valence-corrected chi connectivity index (χ3v) is 12.3. The van der Waals surface area contributed by atoms with Crippen LogP contribution in [0.1, 0.15) is 47.6 Å². The van der Waals surface area contributed by atoms with Crippen LogP contribution < -0.4 is 4.90 Å². The van der Waals surface area contributed by atoms with Crippen molar-refractivity contribution in [1.29, 1.82) is 0 Å². The van der Waals surface area contributed by atoms with E-state index < -0.39 is 5.41 Å². The average Bonchev–Trinajstić information content (AvgIpc) is 3.81. The number of hydrogen-bond donors (Lipinski definition) is 0. The van der Waals surface area contributed by atoms with E-state index in [2.05, 4.69) is 225 Å². The average molecular weight is 744 g/mol. The van der Waals surface area contributed by atoms with Crippen LogP contribution in [0.25, 0.3) is 55.0 Å². The second-order valence-electron chi connectivity index (χ2n) is 15.8. The van der Waals surface area contributed by atoms with Gasteiger partial charge in [0.2, 0.25) is 0 Å². The molecular weight excluding hydrogens is 703 g/mol. The third kappa shape index (κ3) is 5.11. The zero-order chi connectivity index (χ0) is 38.8. The van der Waals surface area contributed by atoms with E-state index in [0.29, 0.717) is 5.92 Å². The molecule has 1 heterocycles. The first-order valence-electron chi connectivity index (χ1n) is 20.3. The fourth-order valence-electron chi connectivity index (χ4n) is 9.79. The minimum absolute atomic E-state index is 0.347. The van der Waals surface area contributed by atoms with Gasteiger partial charge in [-0.2, -0.15) is 0 Å². The molecule has 0 saturated heterocycles. The van der Waals surface area contributed by atoms with Crippen LogP contribution in [0.3, 0.4) is 0 Å². The van der Waals surface area contributed by atoms with E-state index in [4.69, 9.17) is 4.42 Å². The van der Waals surface area contributed by atoms with Gasteiger partial charge in [-0.05, 0) is 104 Å². The van der Waals surface area contributed by atoms with E-state index in [0.717, 1.165) is 50.1 Å². The fourth-order valence-corrected chi connectivity index (χ4v) is 9.79. The van der Waals surface area contributed by atoms with Crippen molar-refractivity contribution in [3.05, 3.63) is 234 Å². The summed E-state index contributed by atoms with van der Waals surface area (Å²) in [4.78, 5) is 2.49. The first kappa shape index (κ1) is 34.1. The molecule has 1 aliphatic carbocycles. The zero-order valence-electron chi connectivity index (χ0n) is 32.6. The Morgan fingerprint density at radius 2 is 1.09 bits per heavy atom. The van der Waals surface area contributed by atoms with Gasteiger partial charge in [0.1, 0.15) is 11.2 Å². The molecule has 0 saturated carbocycles. The molecule has 10 aromatic rings. The van der Waals surface area contributed by atoms with Crippen molar-refractivity contribution < 1.29 is 4.42 Å². The van der Waals surface area contributed by atoms with E-state index >= 15 is 0 Å². The van der Waals surface area contributed by atoms with Gasteiger partial charge in [-0.15, -0.1) is 0 Å². The summed E-state index contributed by atoms with van der Waals surface area (Å²) in [7, 11) is 0. The first-order valence-corrected chi connectivity index (χ1v) is 20.3. The Morgan fingerprint density at radius 3 is 1.81 bits per heavy atom. The fraction of sp³-hybridized carbons (Fsp3) is 0.0714. The summed E-state index contributed by atoms with van der Waals surface area (Å²) < 4.78 is 6.57. The van der Waals surface area contributed by atoms with Gasteiger partial charge in [-0.1, -0.05) is 178 Å². The minimum atomic E-state index is -0.556. The molecule has 0 N–H and O–H groups in total. The highest BCUT2D eigenvalue weighted by atomic mass is 16.3. The number of rotatable bonds is 7. The molecule has 2 nitrogen and oxygen atoms in total. The van der Waals surface area contributed by atoms with Crippen molar-refractivity contribution in [1.82, 2.24) is 0 Å². The van der Waals surface area contributed by atoms with Crippen molar-refractivity contribution in [2.24, 2.45) is 0 Å². The normalized spacial score (nSPS) is 12.9.